The lowest BCUT2D eigenvalue weighted by Gasteiger charge is -2.35. The van der Waals surface area contributed by atoms with E-state index >= 15 is 0 Å². The van der Waals surface area contributed by atoms with Gasteiger partial charge in [0.05, 0.1) is 5.69 Å². The smallest absolute Gasteiger partial charge is 0.272 e. The fourth-order valence-electron chi connectivity index (χ4n) is 3.10. The van der Waals surface area contributed by atoms with E-state index in [1.165, 1.54) is 0 Å². The highest BCUT2D eigenvalue weighted by Gasteiger charge is 2.23. The van der Waals surface area contributed by atoms with Crippen molar-refractivity contribution in [1.82, 2.24) is 20.1 Å². The van der Waals surface area contributed by atoms with E-state index in [4.69, 9.17) is 0 Å². The van der Waals surface area contributed by atoms with Crippen molar-refractivity contribution < 1.29 is 9.90 Å². The van der Waals surface area contributed by atoms with Gasteiger partial charge in [-0.05, 0) is 42.5 Å². The van der Waals surface area contributed by atoms with Gasteiger partial charge in [-0.25, -0.2) is 0 Å². The second-order valence-electron chi connectivity index (χ2n) is 6.20. The van der Waals surface area contributed by atoms with Crippen LogP contribution in [0.25, 0.3) is 11.3 Å². The molecule has 3 heterocycles. The fraction of sp³-hybridized carbons (Fsp3) is 0.211. The van der Waals surface area contributed by atoms with Gasteiger partial charge in [-0.2, -0.15) is 5.10 Å². The van der Waals surface area contributed by atoms with Gasteiger partial charge in [0.1, 0.15) is 11.4 Å². The third-order valence-corrected chi connectivity index (χ3v) is 4.57. The van der Waals surface area contributed by atoms with E-state index in [2.05, 4.69) is 20.1 Å². The molecule has 132 valence electrons. The topological polar surface area (TPSA) is 85.3 Å². The fourth-order valence-corrected chi connectivity index (χ4v) is 3.10. The van der Waals surface area contributed by atoms with Crippen LogP contribution in [0.15, 0.2) is 54.9 Å². The molecule has 4 rings (SSSR count). The number of nitrogens with zero attached hydrogens (tertiary/aromatic N) is 4. The summed E-state index contributed by atoms with van der Waals surface area (Å²) in [4.78, 5) is 20.9. The summed E-state index contributed by atoms with van der Waals surface area (Å²) in [7, 11) is 0. The third-order valence-electron chi connectivity index (χ3n) is 4.57. The zero-order valence-electron chi connectivity index (χ0n) is 14.2. The monoisotopic (exact) mass is 349 g/mol. The largest absolute Gasteiger partial charge is 0.508 e. The Labute approximate surface area is 150 Å². The van der Waals surface area contributed by atoms with Crippen molar-refractivity contribution >= 4 is 11.6 Å². The van der Waals surface area contributed by atoms with E-state index < -0.39 is 0 Å². The van der Waals surface area contributed by atoms with Crippen LogP contribution < -0.4 is 4.90 Å². The molecule has 1 saturated heterocycles. The molecule has 3 aromatic rings. The Balaban J connectivity index is 1.42. The predicted octanol–water partition coefficient (Wildman–Crippen LogP) is 2.14. The van der Waals surface area contributed by atoms with Crippen molar-refractivity contribution in [3.8, 4) is 17.0 Å². The van der Waals surface area contributed by atoms with Crippen LogP contribution in [0, 0.1) is 0 Å². The Morgan fingerprint density at radius 1 is 1.00 bits per heavy atom. The Morgan fingerprint density at radius 3 is 2.38 bits per heavy atom. The summed E-state index contributed by atoms with van der Waals surface area (Å²) in [6.07, 6.45) is 3.56. The van der Waals surface area contributed by atoms with Crippen LogP contribution in [0.4, 0.5) is 5.69 Å². The number of pyridine rings is 1. The Hall–Kier alpha value is -3.35. The highest BCUT2D eigenvalue weighted by atomic mass is 16.3. The number of rotatable bonds is 3. The first-order valence-electron chi connectivity index (χ1n) is 8.50. The number of nitrogens with one attached hydrogen (secondary N) is 1. The molecule has 7 heteroatoms. The number of piperazine rings is 1. The van der Waals surface area contributed by atoms with Crippen LogP contribution >= 0.6 is 0 Å². The van der Waals surface area contributed by atoms with Gasteiger partial charge in [0, 0.05) is 49.8 Å². The van der Waals surface area contributed by atoms with Crippen molar-refractivity contribution in [2.24, 2.45) is 0 Å². The summed E-state index contributed by atoms with van der Waals surface area (Å²) in [5, 5.41) is 16.4. The number of hydrogen-bond donors (Lipinski definition) is 2. The van der Waals surface area contributed by atoms with Gasteiger partial charge in [0.15, 0.2) is 0 Å². The molecule has 1 fully saturated rings. The van der Waals surface area contributed by atoms with Crippen LogP contribution in [0.1, 0.15) is 10.5 Å². The van der Waals surface area contributed by atoms with E-state index in [1.54, 1.807) is 42.7 Å². The van der Waals surface area contributed by atoms with Crippen LogP contribution in [-0.2, 0) is 0 Å². The SMILES string of the molecule is O=C(c1cc(-c2ccc(O)cc2)n[nH]1)N1CCN(c2ccncc2)CC1. The number of H-pyrrole nitrogens is 1. The van der Waals surface area contributed by atoms with Crippen molar-refractivity contribution in [2.75, 3.05) is 31.1 Å². The molecule has 0 radical (unpaired) electrons. The molecule has 7 nitrogen and oxygen atoms in total. The lowest BCUT2D eigenvalue weighted by molar-refractivity contribution is 0.0741. The number of anilines is 1. The van der Waals surface area contributed by atoms with Crippen LogP contribution in [0.3, 0.4) is 0 Å². The summed E-state index contributed by atoms with van der Waals surface area (Å²) >= 11 is 0. The lowest BCUT2D eigenvalue weighted by Crippen LogP contribution is -2.48. The minimum absolute atomic E-state index is 0.0445. The molecule has 1 aromatic carbocycles. The van der Waals surface area contributed by atoms with E-state index in [-0.39, 0.29) is 11.7 Å². The van der Waals surface area contributed by atoms with E-state index in [9.17, 15) is 9.90 Å². The third kappa shape index (κ3) is 3.23. The van der Waals surface area contributed by atoms with Gasteiger partial charge in [-0.15, -0.1) is 0 Å². The summed E-state index contributed by atoms with van der Waals surface area (Å²) in [5.74, 6) is 0.157. The van der Waals surface area contributed by atoms with E-state index in [1.807, 2.05) is 17.0 Å². The van der Waals surface area contributed by atoms with Gasteiger partial charge in [-0.1, -0.05) is 0 Å². The van der Waals surface area contributed by atoms with Crippen molar-refractivity contribution in [1.29, 1.82) is 0 Å². The van der Waals surface area contributed by atoms with Gasteiger partial charge >= 0.3 is 0 Å². The number of benzene rings is 1. The van der Waals surface area contributed by atoms with Crippen molar-refractivity contribution in [3.05, 3.63) is 60.6 Å². The molecule has 0 atom stereocenters. The molecule has 0 saturated carbocycles. The standard InChI is InChI=1S/C19H19N5O2/c25-16-3-1-14(2-4-16)17-13-18(22-21-17)19(26)24-11-9-23(10-12-24)15-5-7-20-8-6-15/h1-8,13,25H,9-12H2,(H,21,22). The minimum atomic E-state index is -0.0445. The van der Waals surface area contributed by atoms with Gasteiger partial charge in [0.25, 0.3) is 5.91 Å². The first kappa shape index (κ1) is 16.1. The second kappa shape index (κ2) is 6.87. The highest BCUT2D eigenvalue weighted by Crippen LogP contribution is 2.21. The molecular weight excluding hydrogens is 330 g/mol. The summed E-state index contributed by atoms with van der Waals surface area (Å²) in [6, 6.07) is 12.5. The Kier molecular flexibility index (Phi) is 4.27. The molecule has 0 spiro atoms. The van der Waals surface area contributed by atoms with Gasteiger partial charge in [-0.3, -0.25) is 14.9 Å². The lowest BCUT2D eigenvalue weighted by atomic mass is 10.1. The predicted molar refractivity (Wildman–Crippen MR) is 98.0 cm³/mol. The first-order valence-corrected chi connectivity index (χ1v) is 8.50. The average Bonchev–Trinajstić information content (AvgIpc) is 3.19. The summed E-state index contributed by atoms with van der Waals surface area (Å²) in [6.45, 7) is 2.90. The zero-order valence-corrected chi connectivity index (χ0v) is 14.2. The van der Waals surface area contributed by atoms with E-state index in [0.29, 0.717) is 24.5 Å². The second-order valence-corrected chi connectivity index (χ2v) is 6.20. The van der Waals surface area contributed by atoms with Crippen LogP contribution in [0.5, 0.6) is 5.75 Å². The molecular formula is C19H19N5O2. The van der Waals surface area contributed by atoms with Crippen LogP contribution in [-0.4, -0.2) is 57.3 Å². The molecule has 1 amide bonds. The molecule has 2 N–H and O–H groups in total. The number of aromatic amines is 1. The summed E-state index contributed by atoms with van der Waals surface area (Å²) < 4.78 is 0. The maximum atomic E-state index is 12.7. The Bertz CT molecular complexity index is 884. The molecule has 0 aliphatic carbocycles. The first-order chi connectivity index (χ1) is 12.7. The molecule has 0 unspecified atom stereocenters. The van der Waals surface area contributed by atoms with Crippen LogP contribution in [0.2, 0.25) is 0 Å². The molecule has 1 aliphatic heterocycles. The van der Waals surface area contributed by atoms with E-state index in [0.717, 1.165) is 24.3 Å². The molecule has 0 bridgehead atoms. The highest BCUT2D eigenvalue weighted by molar-refractivity contribution is 5.93. The number of aromatic nitrogens is 3. The Morgan fingerprint density at radius 2 is 1.69 bits per heavy atom. The molecule has 1 aliphatic rings. The zero-order chi connectivity index (χ0) is 17.9. The molecule has 2 aromatic heterocycles. The number of carbonyl (C=O) groups excluding carboxylic acids is 1. The average molecular weight is 349 g/mol. The maximum absolute atomic E-state index is 12.7. The maximum Gasteiger partial charge on any atom is 0.272 e. The quantitative estimate of drug-likeness (QED) is 0.757. The number of phenols is 1. The number of hydrogen-bond acceptors (Lipinski definition) is 5. The minimum Gasteiger partial charge on any atom is -0.508 e. The number of phenolic OH excluding ortho intramolecular Hbond substituents is 1. The van der Waals surface area contributed by atoms with Crippen molar-refractivity contribution in [3.63, 3.8) is 0 Å². The summed E-state index contributed by atoms with van der Waals surface area (Å²) in [5.41, 5.74) is 3.14. The van der Waals surface area contributed by atoms with Gasteiger partial charge < -0.3 is 14.9 Å². The normalized spacial score (nSPS) is 14.5. The molecule has 26 heavy (non-hydrogen) atoms. The van der Waals surface area contributed by atoms with Gasteiger partial charge in [0.2, 0.25) is 0 Å². The number of aromatic hydroxyl groups is 1. The number of amides is 1. The number of carbonyl (C=O) groups is 1. The van der Waals surface area contributed by atoms with Crippen molar-refractivity contribution in [2.45, 2.75) is 0 Å².